The first-order chi connectivity index (χ1) is 20.2. The smallest absolute Gasteiger partial charge is 0.330 e. The maximum absolute atomic E-state index is 12.8. The summed E-state index contributed by atoms with van der Waals surface area (Å²) < 4.78 is 30.0. The topological polar surface area (TPSA) is 107 Å². The Hall–Kier alpha value is -2.56. The van der Waals surface area contributed by atoms with Gasteiger partial charge in [0.05, 0.1) is 37.1 Å². The lowest BCUT2D eigenvalue weighted by Gasteiger charge is -2.28. The molecular formula is C33H47NO8. The fourth-order valence-corrected chi connectivity index (χ4v) is 5.83. The first-order valence-electron chi connectivity index (χ1n) is 15.1. The molecule has 1 saturated heterocycles. The Balaban J connectivity index is 1.50. The molecule has 4 rings (SSSR count). The van der Waals surface area contributed by atoms with Crippen LogP contribution in [0.5, 0.6) is 0 Å². The Kier molecular flexibility index (Phi) is 12.2. The maximum Gasteiger partial charge on any atom is 0.330 e. The number of esters is 1. The van der Waals surface area contributed by atoms with Gasteiger partial charge in [0.2, 0.25) is 6.41 Å². The van der Waals surface area contributed by atoms with Crippen molar-refractivity contribution < 1.29 is 38.4 Å². The number of fused-ring (bicyclic) bond motifs is 3. The number of cyclic esters (lactones) is 1. The third-order valence-corrected chi connectivity index (χ3v) is 8.09. The van der Waals surface area contributed by atoms with Crippen molar-refractivity contribution in [2.75, 3.05) is 20.4 Å². The molecule has 9 heteroatoms. The Labute approximate surface area is 249 Å². The van der Waals surface area contributed by atoms with Gasteiger partial charge < -0.3 is 33.7 Å². The van der Waals surface area contributed by atoms with Gasteiger partial charge in [-0.25, -0.2) is 4.79 Å². The minimum Gasteiger partial charge on any atom is -0.456 e. The monoisotopic (exact) mass is 585 g/mol. The lowest BCUT2D eigenvalue weighted by atomic mass is 9.90. The molecule has 2 bridgehead atoms. The highest BCUT2D eigenvalue weighted by Crippen LogP contribution is 2.36. The van der Waals surface area contributed by atoms with Crippen LogP contribution in [0.15, 0.2) is 60.3 Å². The summed E-state index contributed by atoms with van der Waals surface area (Å²) in [5.41, 5.74) is 2.28. The third-order valence-electron chi connectivity index (χ3n) is 8.09. The zero-order valence-electron chi connectivity index (χ0n) is 25.1. The molecule has 0 aromatic rings. The summed E-state index contributed by atoms with van der Waals surface area (Å²) in [6.45, 7) is 9.25. The molecule has 0 aromatic heterocycles. The van der Waals surface area contributed by atoms with E-state index in [0.29, 0.717) is 38.2 Å². The van der Waals surface area contributed by atoms with Gasteiger partial charge in [-0.2, -0.15) is 0 Å². The molecule has 42 heavy (non-hydrogen) atoms. The van der Waals surface area contributed by atoms with E-state index >= 15 is 0 Å². The van der Waals surface area contributed by atoms with Crippen LogP contribution < -0.4 is 0 Å². The zero-order chi connectivity index (χ0) is 30.1. The first kappa shape index (κ1) is 32.4. The molecule has 1 N–H and O–H groups in total. The molecule has 9 atom stereocenters. The van der Waals surface area contributed by atoms with Gasteiger partial charge in [-0.1, -0.05) is 61.1 Å². The number of hydrogen-bond donors (Lipinski definition) is 1. The zero-order valence-corrected chi connectivity index (χ0v) is 25.1. The number of nitrogens with zero attached hydrogens (tertiary/aromatic N) is 1. The van der Waals surface area contributed by atoms with Gasteiger partial charge in [-0.15, -0.1) is 0 Å². The molecule has 1 fully saturated rings. The van der Waals surface area contributed by atoms with Crippen molar-refractivity contribution in [3.8, 4) is 0 Å². The highest BCUT2D eigenvalue weighted by Gasteiger charge is 2.48. The molecule has 0 spiro atoms. The number of amides is 1. The number of carbonyl (C=O) groups excluding carboxylic acids is 2. The molecule has 0 aromatic carbocycles. The molecule has 4 heterocycles. The van der Waals surface area contributed by atoms with E-state index < -0.39 is 18.2 Å². The number of hydrogen-bond acceptors (Lipinski definition) is 8. The minimum absolute atomic E-state index is 0.102. The molecule has 0 unspecified atom stereocenters. The summed E-state index contributed by atoms with van der Waals surface area (Å²) in [6, 6.07) is 0. The molecule has 4 aliphatic rings. The molecule has 1 amide bonds. The number of aliphatic hydroxyl groups is 1. The summed E-state index contributed by atoms with van der Waals surface area (Å²) in [4.78, 5) is 25.4. The first-order valence-corrected chi connectivity index (χ1v) is 15.1. The highest BCUT2D eigenvalue weighted by atomic mass is 16.6. The van der Waals surface area contributed by atoms with Crippen molar-refractivity contribution in [2.24, 2.45) is 5.92 Å². The molecule has 0 saturated carbocycles. The average Bonchev–Trinajstić information content (AvgIpc) is 3.72. The largest absolute Gasteiger partial charge is 0.456 e. The van der Waals surface area contributed by atoms with Gasteiger partial charge in [0.15, 0.2) is 0 Å². The van der Waals surface area contributed by atoms with E-state index in [1.54, 1.807) is 19.2 Å². The fourth-order valence-electron chi connectivity index (χ4n) is 5.83. The van der Waals surface area contributed by atoms with Crippen LogP contribution in [0.25, 0.3) is 0 Å². The predicted molar refractivity (Wildman–Crippen MR) is 158 cm³/mol. The number of carbonyl (C=O) groups is 2. The van der Waals surface area contributed by atoms with Crippen LogP contribution in [0, 0.1) is 5.92 Å². The van der Waals surface area contributed by atoms with Crippen LogP contribution in [0.1, 0.15) is 58.8 Å². The van der Waals surface area contributed by atoms with E-state index in [9.17, 15) is 14.7 Å². The lowest BCUT2D eigenvalue weighted by molar-refractivity contribution is -0.148. The van der Waals surface area contributed by atoms with Gasteiger partial charge in [0.1, 0.15) is 25.0 Å². The van der Waals surface area contributed by atoms with E-state index in [1.165, 1.54) is 16.5 Å². The average molecular weight is 586 g/mol. The number of aliphatic hydroxyl groups excluding tert-OH is 1. The van der Waals surface area contributed by atoms with Crippen molar-refractivity contribution in [3.05, 3.63) is 60.3 Å². The molecule has 232 valence electrons. The Bertz CT molecular complexity index is 1050. The van der Waals surface area contributed by atoms with Gasteiger partial charge in [-0.05, 0) is 51.4 Å². The van der Waals surface area contributed by atoms with Crippen LogP contribution in [-0.4, -0.2) is 91.6 Å². The van der Waals surface area contributed by atoms with Crippen LogP contribution in [-0.2, 0) is 33.3 Å². The SMILES string of the molecule is C=C1C[C@H](C)C[C@@H]2CC=C[C@@H](C/C=C\C(=O)O[C@H]([C@@H](O)/C=C/[C@@H]3CC(C)=CCO3)C[C@@H]3O[C@H]3[C@@H](OCN(C)C=O)C1)O2. The summed E-state index contributed by atoms with van der Waals surface area (Å²) in [5, 5.41) is 11.1. The third kappa shape index (κ3) is 10.3. The van der Waals surface area contributed by atoms with E-state index in [2.05, 4.69) is 26.5 Å². The molecule has 4 aliphatic heterocycles. The second-order valence-electron chi connectivity index (χ2n) is 12.1. The lowest BCUT2D eigenvalue weighted by Crippen LogP contribution is -2.33. The quantitative estimate of drug-likeness (QED) is 0.156. The van der Waals surface area contributed by atoms with E-state index in [4.69, 9.17) is 23.7 Å². The summed E-state index contributed by atoms with van der Waals surface area (Å²) in [7, 11) is 1.65. The van der Waals surface area contributed by atoms with Crippen LogP contribution in [0.4, 0.5) is 0 Å². The van der Waals surface area contributed by atoms with E-state index in [-0.39, 0.29) is 43.4 Å². The normalized spacial score (nSPS) is 36.1. The van der Waals surface area contributed by atoms with Crippen molar-refractivity contribution in [2.45, 2.75) is 108 Å². The van der Waals surface area contributed by atoms with Crippen molar-refractivity contribution in [1.82, 2.24) is 4.90 Å². The van der Waals surface area contributed by atoms with Crippen LogP contribution in [0.2, 0.25) is 0 Å². The van der Waals surface area contributed by atoms with Gasteiger partial charge >= 0.3 is 5.97 Å². The minimum atomic E-state index is -1.05. The molecule has 0 radical (unpaired) electrons. The molecule has 0 aliphatic carbocycles. The summed E-state index contributed by atoms with van der Waals surface area (Å²) in [6.07, 6.45) is 15.5. The maximum atomic E-state index is 12.8. The number of epoxide rings is 1. The van der Waals surface area contributed by atoms with E-state index in [1.807, 2.05) is 18.2 Å². The summed E-state index contributed by atoms with van der Waals surface area (Å²) in [5.74, 6) is -0.163. The molecule has 9 nitrogen and oxygen atoms in total. The van der Waals surface area contributed by atoms with Crippen LogP contribution >= 0.6 is 0 Å². The Morgan fingerprint density at radius 1 is 1.19 bits per heavy atom. The van der Waals surface area contributed by atoms with Crippen LogP contribution in [0.3, 0.4) is 0 Å². The van der Waals surface area contributed by atoms with Gasteiger partial charge in [-0.3, -0.25) is 4.79 Å². The van der Waals surface area contributed by atoms with Crippen molar-refractivity contribution in [1.29, 1.82) is 0 Å². The van der Waals surface area contributed by atoms with Crippen molar-refractivity contribution >= 4 is 12.4 Å². The second-order valence-corrected chi connectivity index (χ2v) is 12.1. The predicted octanol–water partition coefficient (Wildman–Crippen LogP) is 4.18. The summed E-state index contributed by atoms with van der Waals surface area (Å²) >= 11 is 0. The fraction of sp³-hybridized carbons (Fsp3) is 0.636. The van der Waals surface area contributed by atoms with Gasteiger partial charge in [0.25, 0.3) is 0 Å². The molecular weight excluding hydrogens is 538 g/mol. The Morgan fingerprint density at radius 2 is 2.02 bits per heavy atom. The van der Waals surface area contributed by atoms with Gasteiger partial charge in [0, 0.05) is 19.5 Å². The standard InChI is InChI=1S/C33H47NO8/c1-22-13-14-38-26(16-22)11-12-28(36)29-19-31-33(42-31)30(39-21-34(4)20-35)18-24(3)15-23(2)17-27-9-5-7-25(40-27)8-6-10-32(37)41-29/h5-7,10-13,20,23,25-31,33,36H,3,8-9,14-19,21H2,1-2,4H3/b10-6-,12-11+/t23-,25-,26+,27-,28-,29-,30-,31-,33-/m0/s1. The second kappa shape index (κ2) is 15.8. The Morgan fingerprint density at radius 3 is 2.81 bits per heavy atom. The van der Waals surface area contributed by atoms with E-state index in [0.717, 1.165) is 31.3 Å². The number of rotatable bonds is 7. The van der Waals surface area contributed by atoms with Crippen molar-refractivity contribution in [3.63, 3.8) is 0 Å². The number of ether oxygens (including phenoxy) is 5. The highest BCUT2D eigenvalue weighted by molar-refractivity contribution is 5.82.